The van der Waals surface area contributed by atoms with Gasteiger partial charge in [-0.2, -0.15) is 0 Å². The number of hydrogen-bond donors (Lipinski definition) is 0. The van der Waals surface area contributed by atoms with E-state index >= 15 is 0 Å². The van der Waals surface area contributed by atoms with Crippen molar-refractivity contribution in [3.63, 3.8) is 0 Å². The summed E-state index contributed by atoms with van der Waals surface area (Å²) in [5, 5.41) is 0. The van der Waals surface area contributed by atoms with Crippen LogP contribution in [-0.2, 0) is 13.1 Å². The second-order valence-electron chi connectivity index (χ2n) is 11.4. The highest BCUT2D eigenvalue weighted by Crippen LogP contribution is 2.38. The first-order valence-corrected chi connectivity index (χ1v) is 14.4. The SMILES string of the molecule is CCCCCCCCCCC[N+]1(Cc2ccccc2)C[C@H]2CCN(Cc3ccccc3)C[C@@H]2C1. The fourth-order valence-corrected chi connectivity index (χ4v) is 6.78. The van der Waals surface area contributed by atoms with Crippen molar-refractivity contribution in [3.8, 4) is 0 Å². The fraction of sp³-hybridized carbons (Fsp3) is 0.625. The van der Waals surface area contributed by atoms with Gasteiger partial charge in [0.15, 0.2) is 0 Å². The van der Waals surface area contributed by atoms with Gasteiger partial charge in [-0.25, -0.2) is 0 Å². The number of rotatable bonds is 14. The van der Waals surface area contributed by atoms with Crippen molar-refractivity contribution in [1.82, 2.24) is 4.90 Å². The predicted molar refractivity (Wildman–Crippen MR) is 146 cm³/mol. The third-order valence-electron chi connectivity index (χ3n) is 8.56. The summed E-state index contributed by atoms with van der Waals surface area (Å²) in [4.78, 5) is 2.73. The van der Waals surface area contributed by atoms with Gasteiger partial charge in [-0.05, 0) is 31.4 Å². The van der Waals surface area contributed by atoms with Crippen LogP contribution in [0, 0.1) is 11.8 Å². The molecule has 0 radical (unpaired) electrons. The highest BCUT2D eigenvalue weighted by Gasteiger charge is 2.46. The molecular formula is C32H49N2+. The minimum Gasteiger partial charge on any atom is -0.319 e. The monoisotopic (exact) mass is 461 g/mol. The first-order chi connectivity index (χ1) is 16.8. The molecule has 2 fully saturated rings. The molecule has 186 valence electrons. The van der Waals surface area contributed by atoms with Crippen molar-refractivity contribution in [3.05, 3.63) is 71.8 Å². The number of quaternary nitrogens is 1. The lowest BCUT2D eigenvalue weighted by molar-refractivity contribution is -0.932. The van der Waals surface area contributed by atoms with Crippen LogP contribution in [0.3, 0.4) is 0 Å². The van der Waals surface area contributed by atoms with Crippen molar-refractivity contribution >= 4 is 0 Å². The Morgan fingerprint density at radius 1 is 0.706 bits per heavy atom. The maximum atomic E-state index is 2.73. The molecule has 0 aliphatic carbocycles. The molecular weight excluding hydrogens is 412 g/mol. The second-order valence-corrected chi connectivity index (χ2v) is 11.4. The Bertz CT molecular complexity index is 804. The van der Waals surface area contributed by atoms with Crippen LogP contribution in [0.4, 0.5) is 0 Å². The maximum absolute atomic E-state index is 2.73. The number of hydrogen-bond acceptors (Lipinski definition) is 1. The molecule has 2 nitrogen and oxygen atoms in total. The highest BCUT2D eigenvalue weighted by atomic mass is 15.4. The first kappa shape index (κ1) is 25.5. The van der Waals surface area contributed by atoms with Crippen LogP contribution in [0.25, 0.3) is 0 Å². The van der Waals surface area contributed by atoms with Gasteiger partial charge in [0.05, 0.1) is 19.6 Å². The van der Waals surface area contributed by atoms with Crippen LogP contribution < -0.4 is 0 Å². The molecule has 0 aromatic heterocycles. The van der Waals surface area contributed by atoms with Gasteiger partial charge in [-0.1, -0.05) is 113 Å². The summed E-state index contributed by atoms with van der Waals surface area (Å²) >= 11 is 0. The Morgan fingerprint density at radius 2 is 1.29 bits per heavy atom. The van der Waals surface area contributed by atoms with Crippen LogP contribution in [-0.4, -0.2) is 42.1 Å². The van der Waals surface area contributed by atoms with Crippen LogP contribution >= 0.6 is 0 Å². The molecule has 2 heteroatoms. The van der Waals surface area contributed by atoms with Gasteiger partial charge in [0.1, 0.15) is 6.54 Å². The van der Waals surface area contributed by atoms with E-state index in [1.807, 2.05) is 0 Å². The van der Waals surface area contributed by atoms with E-state index in [-0.39, 0.29) is 0 Å². The van der Waals surface area contributed by atoms with Gasteiger partial charge >= 0.3 is 0 Å². The molecule has 4 rings (SSSR count). The Hall–Kier alpha value is -1.64. The average molecular weight is 462 g/mol. The van der Waals surface area contributed by atoms with Crippen LogP contribution in [0.1, 0.15) is 82.3 Å². The molecule has 0 amide bonds. The van der Waals surface area contributed by atoms with E-state index in [4.69, 9.17) is 0 Å². The number of unbranched alkanes of at least 4 members (excludes halogenated alkanes) is 8. The zero-order valence-corrected chi connectivity index (χ0v) is 21.8. The number of nitrogens with zero attached hydrogens (tertiary/aromatic N) is 2. The molecule has 34 heavy (non-hydrogen) atoms. The number of fused-ring (bicyclic) bond motifs is 1. The van der Waals surface area contributed by atoms with Crippen molar-refractivity contribution in [1.29, 1.82) is 0 Å². The van der Waals surface area contributed by atoms with Crippen LogP contribution in [0.15, 0.2) is 60.7 Å². The predicted octanol–water partition coefficient (Wildman–Crippen LogP) is 7.69. The van der Waals surface area contributed by atoms with E-state index in [2.05, 4.69) is 72.5 Å². The third kappa shape index (κ3) is 7.68. The average Bonchev–Trinajstić information content (AvgIpc) is 3.21. The van der Waals surface area contributed by atoms with Gasteiger partial charge in [0.25, 0.3) is 0 Å². The van der Waals surface area contributed by atoms with Crippen molar-refractivity contribution in [2.24, 2.45) is 11.8 Å². The van der Waals surface area contributed by atoms with Crippen molar-refractivity contribution in [2.75, 3.05) is 32.7 Å². The minimum absolute atomic E-state index is 0.875. The van der Waals surface area contributed by atoms with E-state index in [0.717, 1.165) is 18.4 Å². The molecule has 0 N–H and O–H groups in total. The Morgan fingerprint density at radius 3 is 1.97 bits per heavy atom. The molecule has 2 heterocycles. The number of benzene rings is 2. The molecule has 2 aliphatic heterocycles. The highest BCUT2D eigenvalue weighted by molar-refractivity contribution is 5.15. The largest absolute Gasteiger partial charge is 0.319 e. The molecule has 2 aromatic carbocycles. The Labute approximate surface area is 210 Å². The lowest BCUT2D eigenvalue weighted by Gasteiger charge is -2.35. The summed E-state index contributed by atoms with van der Waals surface area (Å²) in [6.45, 7) is 11.4. The van der Waals surface area contributed by atoms with E-state index in [1.54, 1.807) is 5.56 Å². The first-order valence-electron chi connectivity index (χ1n) is 14.4. The lowest BCUT2D eigenvalue weighted by atomic mass is 9.88. The van der Waals surface area contributed by atoms with Gasteiger partial charge in [0, 0.05) is 30.5 Å². The minimum atomic E-state index is 0.875. The molecule has 0 bridgehead atoms. The van der Waals surface area contributed by atoms with Crippen molar-refractivity contribution in [2.45, 2.75) is 84.2 Å². The molecule has 2 aliphatic rings. The molecule has 2 aromatic rings. The van der Waals surface area contributed by atoms with Gasteiger partial charge in [-0.15, -0.1) is 0 Å². The molecule has 0 spiro atoms. The van der Waals surface area contributed by atoms with E-state index in [1.165, 1.54) is 114 Å². The zero-order valence-electron chi connectivity index (χ0n) is 21.8. The summed E-state index contributed by atoms with van der Waals surface area (Å²) in [5.74, 6) is 1.80. The van der Waals surface area contributed by atoms with E-state index < -0.39 is 0 Å². The van der Waals surface area contributed by atoms with Crippen molar-refractivity contribution < 1.29 is 4.48 Å². The summed E-state index contributed by atoms with van der Waals surface area (Å²) in [6.07, 6.45) is 14.2. The Balaban J connectivity index is 1.29. The third-order valence-corrected chi connectivity index (χ3v) is 8.56. The smallest absolute Gasteiger partial charge is 0.104 e. The number of likely N-dealkylation sites (tertiary alicyclic amines) is 2. The lowest BCUT2D eigenvalue weighted by Crippen LogP contribution is -2.46. The molecule has 1 unspecified atom stereocenters. The summed E-state index contributed by atoms with van der Waals surface area (Å²) in [5.41, 5.74) is 3.01. The van der Waals surface area contributed by atoms with E-state index in [0.29, 0.717) is 0 Å². The summed E-state index contributed by atoms with van der Waals surface area (Å²) < 4.78 is 1.34. The zero-order chi connectivity index (χ0) is 23.5. The van der Waals surface area contributed by atoms with Crippen LogP contribution in [0.5, 0.6) is 0 Å². The second kappa shape index (κ2) is 13.4. The fourth-order valence-electron chi connectivity index (χ4n) is 6.78. The quantitative estimate of drug-likeness (QED) is 0.206. The standard InChI is InChI=1S/C32H49N2/c1-2-3-4-5-6-7-8-9-16-23-34(26-30-19-14-11-15-20-30)27-31-21-22-33(25-32(31)28-34)24-29-17-12-10-13-18-29/h10-15,17-20,31-32H,2-9,16,21-28H2,1H3/q+1/t31-,32-,34?/m1/s1. The van der Waals surface area contributed by atoms with Crippen LogP contribution in [0.2, 0.25) is 0 Å². The summed E-state index contributed by atoms with van der Waals surface area (Å²) in [6, 6.07) is 22.4. The normalized spacial score (nSPS) is 24.9. The summed E-state index contributed by atoms with van der Waals surface area (Å²) in [7, 11) is 0. The van der Waals surface area contributed by atoms with E-state index in [9.17, 15) is 0 Å². The maximum Gasteiger partial charge on any atom is 0.104 e. The topological polar surface area (TPSA) is 3.24 Å². The van der Waals surface area contributed by atoms with Gasteiger partial charge < -0.3 is 4.48 Å². The Kier molecular flexibility index (Phi) is 10.1. The van der Waals surface area contributed by atoms with Gasteiger partial charge in [-0.3, -0.25) is 4.90 Å². The number of piperidine rings is 1. The van der Waals surface area contributed by atoms with Gasteiger partial charge in [0.2, 0.25) is 0 Å². The molecule has 3 atom stereocenters. The molecule has 2 saturated heterocycles. The molecule has 0 saturated carbocycles.